The number of benzene rings is 1. The second-order valence-corrected chi connectivity index (χ2v) is 7.00. The van der Waals surface area contributed by atoms with Gasteiger partial charge in [0.25, 0.3) is 0 Å². The lowest BCUT2D eigenvalue weighted by molar-refractivity contribution is -0.274. The third-order valence-electron chi connectivity index (χ3n) is 2.64. The number of hydrogen-bond donors (Lipinski definition) is 0. The molecule has 2 rings (SSSR count). The highest BCUT2D eigenvalue weighted by atomic mass is 35.5. The molecule has 0 atom stereocenters. The molecule has 0 amide bonds. The molecule has 1 aliphatic carbocycles. The molecule has 0 saturated heterocycles. The minimum absolute atomic E-state index is 0.110. The summed E-state index contributed by atoms with van der Waals surface area (Å²) in [5.41, 5.74) is 0.121. The highest BCUT2D eigenvalue weighted by Gasteiger charge is 2.36. The largest absolute Gasteiger partial charge is 0.573 e. The van der Waals surface area contributed by atoms with Gasteiger partial charge in [-0.25, -0.2) is 8.42 Å². The normalized spacial score (nSPS) is 16.4. The van der Waals surface area contributed by atoms with E-state index in [9.17, 15) is 21.6 Å². The molecule has 0 aromatic heterocycles. The molecule has 3 nitrogen and oxygen atoms in total. The zero-order chi connectivity index (χ0) is 14.3. The summed E-state index contributed by atoms with van der Waals surface area (Å²) in [4.78, 5) is 0. The SMILES string of the molecule is O=S(=O)(Cc1cc(OC(F)(F)F)ccc1Cl)C1CC1. The van der Waals surface area contributed by atoms with Crippen molar-refractivity contribution in [2.75, 3.05) is 0 Å². The first-order valence-electron chi connectivity index (χ1n) is 5.43. The number of halogens is 4. The minimum Gasteiger partial charge on any atom is -0.406 e. The molecular formula is C11H10ClF3O3S. The van der Waals surface area contributed by atoms with Gasteiger partial charge in [0.2, 0.25) is 0 Å². The summed E-state index contributed by atoms with van der Waals surface area (Å²) in [6, 6.07) is 3.25. The van der Waals surface area contributed by atoms with E-state index in [0.29, 0.717) is 12.8 Å². The summed E-state index contributed by atoms with van der Waals surface area (Å²) in [5.74, 6) is -0.844. The van der Waals surface area contributed by atoms with E-state index < -0.39 is 27.2 Å². The number of hydrogen-bond acceptors (Lipinski definition) is 3. The van der Waals surface area contributed by atoms with E-state index in [-0.39, 0.29) is 16.3 Å². The summed E-state index contributed by atoms with van der Waals surface area (Å²) in [7, 11) is -3.34. The van der Waals surface area contributed by atoms with Crippen LogP contribution in [0.3, 0.4) is 0 Å². The first kappa shape index (κ1) is 14.5. The van der Waals surface area contributed by atoms with Gasteiger partial charge in [0, 0.05) is 5.02 Å². The third kappa shape index (κ3) is 4.01. The molecule has 19 heavy (non-hydrogen) atoms. The minimum atomic E-state index is -4.82. The van der Waals surface area contributed by atoms with E-state index in [1.165, 1.54) is 6.07 Å². The van der Waals surface area contributed by atoms with E-state index in [1.807, 2.05) is 0 Å². The van der Waals surface area contributed by atoms with Crippen molar-refractivity contribution < 1.29 is 26.3 Å². The molecule has 0 spiro atoms. The predicted molar refractivity (Wildman–Crippen MR) is 63.8 cm³/mol. The maximum atomic E-state index is 12.1. The fourth-order valence-corrected chi connectivity index (χ4v) is 3.65. The Kier molecular flexibility index (Phi) is 3.70. The van der Waals surface area contributed by atoms with Crippen LogP contribution in [0.1, 0.15) is 18.4 Å². The molecule has 8 heteroatoms. The molecule has 0 unspecified atom stereocenters. The van der Waals surface area contributed by atoms with Crippen molar-refractivity contribution in [3.63, 3.8) is 0 Å². The van der Waals surface area contributed by atoms with Gasteiger partial charge in [0.15, 0.2) is 9.84 Å². The van der Waals surface area contributed by atoms with E-state index in [0.717, 1.165) is 12.1 Å². The summed E-state index contributed by atoms with van der Waals surface area (Å²) in [5, 5.41) is -0.283. The first-order valence-corrected chi connectivity index (χ1v) is 7.52. The lowest BCUT2D eigenvalue weighted by Crippen LogP contribution is -2.17. The molecule has 0 heterocycles. The van der Waals surface area contributed by atoms with Gasteiger partial charge in [-0.15, -0.1) is 13.2 Å². The molecule has 0 aliphatic heterocycles. The Hall–Kier alpha value is -0.950. The van der Waals surface area contributed by atoms with Crippen molar-refractivity contribution in [3.05, 3.63) is 28.8 Å². The van der Waals surface area contributed by atoms with Crippen LogP contribution < -0.4 is 4.74 Å². The second-order valence-electron chi connectivity index (χ2n) is 4.31. The molecule has 0 radical (unpaired) electrons. The van der Waals surface area contributed by atoms with Crippen LogP contribution in [0, 0.1) is 0 Å². The summed E-state index contributed by atoms with van der Waals surface area (Å²) in [6.07, 6.45) is -3.63. The van der Waals surface area contributed by atoms with E-state index >= 15 is 0 Å². The van der Waals surface area contributed by atoms with Crippen LogP contribution in [-0.2, 0) is 15.6 Å². The molecule has 0 N–H and O–H groups in total. The van der Waals surface area contributed by atoms with Crippen molar-refractivity contribution in [1.29, 1.82) is 0 Å². The van der Waals surface area contributed by atoms with Crippen molar-refractivity contribution >= 4 is 21.4 Å². The van der Waals surface area contributed by atoms with E-state index in [2.05, 4.69) is 4.74 Å². The molecule has 1 aromatic carbocycles. The fraction of sp³-hybridized carbons (Fsp3) is 0.455. The van der Waals surface area contributed by atoms with Crippen LogP contribution in [0.2, 0.25) is 5.02 Å². The lowest BCUT2D eigenvalue weighted by atomic mass is 10.2. The van der Waals surface area contributed by atoms with E-state index in [1.54, 1.807) is 0 Å². The monoisotopic (exact) mass is 314 g/mol. The first-order chi connectivity index (χ1) is 8.67. The Morgan fingerprint density at radius 1 is 1.32 bits per heavy atom. The number of sulfone groups is 1. The highest BCUT2D eigenvalue weighted by molar-refractivity contribution is 7.91. The van der Waals surface area contributed by atoms with Crippen molar-refractivity contribution in [1.82, 2.24) is 0 Å². The van der Waals surface area contributed by atoms with Crippen molar-refractivity contribution in [2.45, 2.75) is 30.2 Å². The average Bonchev–Trinajstić information content (AvgIpc) is 3.04. The number of rotatable bonds is 4. The Bertz CT molecular complexity index is 579. The smallest absolute Gasteiger partial charge is 0.406 e. The van der Waals surface area contributed by atoms with E-state index in [4.69, 9.17) is 11.6 Å². The third-order valence-corrected chi connectivity index (χ3v) is 5.21. The maximum absolute atomic E-state index is 12.1. The van der Waals surface area contributed by atoms with Crippen molar-refractivity contribution in [2.24, 2.45) is 0 Å². The Morgan fingerprint density at radius 2 is 1.95 bits per heavy atom. The standard InChI is InChI=1S/C11H10ClF3O3S/c12-10-4-1-8(18-11(13,14)15)5-7(10)6-19(16,17)9-2-3-9/h1,4-5,9H,2-3,6H2. The topological polar surface area (TPSA) is 43.4 Å². The molecule has 106 valence electrons. The molecular weight excluding hydrogens is 305 g/mol. The Morgan fingerprint density at radius 3 is 2.47 bits per heavy atom. The summed E-state index contributed by atoms with van der Waals surface area (Å²) >= 11 is 5.80. The quantitative estimate of drug-likeness (QED) is 0.856. The second kappa shape index (κ2) is 4.86. The zero-order valence-corrected chi connectivity index (χ0v) is 11.1. The molecule has 1 saturated carbocycles. The summed E-state index contributed by atoms with van der Waals surface area (Å²) < 4.78 is 63.5. The van der Waals surface area contributed by atoms with Gasteiger partial charge >= 0.3 is 6.36 Å². The lowest BCUT2D eigenvalue weighted by Gasteiger charge is -2.11. The van der Waals surface area contributed by atoms with Gasteiger partial charge < -0.3 is 4.74 Å². The van der Waals surface area contributed by atoms with Crippen LogP contribution in [0.4, 0.5) is 13.2 Å². The fourth-order valence-electron chi connectivity index (χ4n) is 1.62. The van der Waals surface area contributed by atoms with Crippen LogP contribution in [0.25, 0.3) is 0 Å². The van der Waals surface area contributed by atoms with Crippen LogP contribution >= 0.6 is 11.6 Å². The van der Waals surface area contributed by atoms with Gasteiger partial charge in [-0.3, -0.25) is 0 Å². The molecule has 1 aromatic rings. The van der Waals surface area contributed by atoms with Gasteiger partial charge in [0.05, 0.1) is 11.0 Å². The molecule has 1 fully saturated rings. The van der Waals surface area contributed by atoms with Gasteiger partial charge in [0.1, 0.15) is 5.75 Å². The average molecular weight is 315 g/mol. The number of ether oxygens (including phenoxy) is 1. The Labute approximate surface area is 113 Å². The molecule has 1 aliphatic rings. The maximum Gasteiger partial charge on any atom is 0.573 e. The predicted octanol–water partition coefficient (Wildman–Crippen LogP) is 3.32. The van der Waals surface area contributed by atoms with Crippen LogP contribution in [0.5, 0.6) is 5.75 Å². The highest BCUT2D eigenvalue weighted by Crippen LogP contribution is 2.34. The number of alkyl halides is 3. The van der Waals surface area contributed by atoms with Gasteiger partial charge in [-0.05, 0) is 36.6 Å². The van der Waals surface area contributed by atoms with Gasteiger partial charge in [-0.2, -0.15) is 0 Å². The summed E-state index contributed by atoms with van der Waals surface area (Å²) in [6.45, 7) is 0. The van der Waals surface area contributed by atoms with Crippen LogP contribution in [0.15, 0.2) is 18.2 Å². The van der Waals surface area contributed by atoms with Crippen molar-refractivity contribution in [3.8, 4) is 5.75 Å². The molecule has 0 bridgehead atoms. The Balaban J connectivity index is 2.22. The zero-order valence-electron chi connectivity index (χ0n) is 9.58. The van der Waals surface area contributed by atoms with Gasteiger partial charge in [-0.1, -0.05) is 11.6 Å². The van der Waals surface area contributed by atoms with Crippen LogP contribution in [-0.4, -0.2) is 20.0 Å².